The minimum Gasteiger partial charge on any atom is -0.368 e. The van der Waals surface area contributed by atoms with Crippen LogP contribution in [-0.4, -0.2) is 17.2 Å². The highest BCUT2D eigenvalue weighted by Gasteiger charge is 2.47. The van der Waals surface area contributed by atoms with Crippen molar-refractivity contribution in [3.05, 3.63) is 24.0 Å². The Labute approximate surface area is 96.7 Å². The molecule has 2 aliphatic heterocycles. The Bertz CT molecular complexity index is 402. The van der Waals surface area contributed by atoms with E-state index in [0.717, 1.165) is 0 Å². The monoisotopic (exact) mass is 217 g/mol. The van der Waals surface area contributed by atoms with Gasteiger partial charge >= 0.3 is 0 Å². The lowest BCUT2D eigenvalue weighted by molar-refractivity contribution is 0.325. The van der Waals surface area contributed by atoms with E-state index in [4.69, 9.17) is 0 Å². The molecule has 86 valence electrons. The summed E-state index contributed by atoms with van der Waals surface area (Å²) < 4.78 is 0. The van der Waals surface area contributed by atoms with E-state index in [0.29, 0.717) is 30.0 Å². The number of hydrogen-bond donors (Lipinski definition) is 2. The fraction of sp³-hybridized carbons (Fsp3) is 0.615. The lowest BCUT2D eigenvalue weighted by Gasteiger charge is -2.24. The zero-order chi connectivity index (χ0) is 11.3. The first-order valence-corrected chi connectivity index (χ1v) is 6.16. The van der Waals surface area contributed by atoms with Gasteiger partial charge in [-0.15, -0.1) is 0 Å². The maximum Gasteiger partial charge on any atom is 0.0860 e. The van der Waals surface area contributed by atoms with E-state index in [9.17, 15) is 0 Å². The van der Waals surface area contributed by atoms with Gasteiger partial charge in [-0.25, -0.2) is 0 Å². The molecule has 4 unspecified atom stereocenters. The molecule has 0 saturated carbocycles. The summed E-state index contributed by atoms with van der Waals surface area (Å²) in [4.78, 5) is 4.57. The molecule has 2 N–H and O–H groups in total. The van der Waals surface area contributed by atoms with E-state index in [1.807, 2.05) is 12.3 Å². The topological polar surface area (TPSA) is 37.0 Å². The first-order chi connectivity index (χ1) is 7.68. The second kappa shape index (κ2) is 3.45. The van der Waals surface area contributed by atoms with Crippen molar-refractivity contribution in [2.24, 2.45) is 11.8 Å². The minimum absolute atomic E-state index is 0.382. The number of pyridine rings is 1. The number of hydrogen-bond acceptors (Lipinski definition) is 3. The summed E-state index contributed by atoms with van der Waals surface area (Å²) >= 11 is 0. The molecule has 3 rings (SSSR count). The van der Waals surface area contributed by atoms with Gasteiger partial charge in [-0.3, -0.25) is 10.3 Å². The minimum atomic E-state index is 0.382. The van der Waals surface area contributed by atoms with Gasteiger partial charge in [0, 0.05) is 18.2 Å². The second-order valence-corrected chi connectivity index (χ2v) is 5.36. The van der Waals surface area contributed by atoms with Gasteiger partial charge in [0.15, 0.2) is 0 Å². The van der Waals surface area contributed by atoms with E-state index < -0.39 is 0 Å². The standard InChI is InChI=1S/C13H19N3/c1-7(2)10-8(3)15-13-11(10)12-9(16-13)5-4-6-14-12/h4-8,10-11,13,15-16H,1-3H3. The summed E-state index contributed by atoms with van der Waals surface area (Å²) in [6.07, 6.45) is 2.29. The lowest BCUT2D eigenvalue weighted by atomic mass is 9.80. The molecule has 0 aromatic carbocycles. The maximum absolute atomic E-state index is 4.57. The maximum atomic E-state index is 4.57. The fourth-order valence-corrected chi connectivity index (χ4v) is 3.47. The molecule has 3 heterocycles. The molecule has 0 amide bonds. The normalized spacial score (nSPS) is 36.0. The van der Waals surface area contributed by atoms with E-state index >= 15 is 0 Å². The molecule has 0 aliphatic carbocycles. The molecule has 0 spiro atoms. The number of aromatic nitrogens is 1. The predicted octanol–water partition coefficient (Wildman–Crippen LogP) is 2.18. The fourth-order valence-electron chi connectivity index (χ4n) is 3.47. The van der Waals surface area contributed by atoms with Gasteiger partial charge in [0.2, 0.25) is 0 Å². The summed E-state index contributed by atoms with van der Waals surface area (Å²) in [5.41, 5.74) is 2.46. The SMILES string of the molecule is CC(C)C1C(C)NC2Nc3cccnc3C21. The van der Waals surface area contributed by atoms with Crippen LogP contribution in [-0.2, 0) is 0 Å². The molecule has 16 heavy (non-hydrogen) atoms. The molecule has 2 aliphatic rings. The van der Waals surface area contributed by atoms with Crippen molar-refractivity contribution >= 4 is 5.69 Å². The van der Waals surface area contributed by atoms with Crippen molar-refractivity contribution in [1.82, 2.24) is 10.3 Å². The van der Waals surface area contributed by atoms with Crippen molar-refractivity contribution in [1.29, 1.82) is 0 Å². The van der Waals surface area contributed by atoms with Crippen LogP contribution in [0.5, 0.6) is 0 Å². The van der Waals surface area contributed by atoms with Crippen LogP contribution in [0.25, 0.3) is 0 Å². The van der Waals surface area contributed by atoms with Crippen LogP contribution in [0.4, 0.5) is 5.69 Å². The second-order valence-electron chi connectivity index (χ2n) is 5.36. The molecular formula is C13H19N3. The summed E-state index contributed by atoms with van der Waals surface area (Å²) in [6, 6.07) is 4.70. The smallest absolute Gasteiger partial charge is 0.0860 e. The van der Waals surface area contributed by atoms with Crippen LogP contribution in [0.1, 0.15) is 32.4 Å². The highest BCUT2D eigenvalue weighted by molar-refractivity contribution is 5.57. The highest BCUT2D eigenvalue weighted by atomic mass is 15.2. The summed E-state index contributed by atoms with van der Waals surface area (Å²) in [5.74, 6) is 1.90. The third-order valence-electron chi connectivity index (χ3n) is 4.03. The number of nitrogens with zero attached hydrogens (tertiary/aromatic N) is 1. The molecule has 3 nitrogen and oxygen atoms in total. The molecule has 3 heteroatoms. The van der Waals surface area contributed by atoms with Gasteiger partial charge < -0.3 is 5.32 Å². The van der Waals surface area contributed by atoms with Crippen molar-refractivity contribution in [2.75, 3.05) is 5.32 Å². The Hall–Kier alpha value is -1.09. The number of nitrogens with one attached hydrogen (secondary N) is 2. The Balaban J connectivity index is 2.01. The zero-order valence-electron chi connectivity index (χ0n) is 10.1. The van der Waals surface area contributed by atoms with E-state index in [-0.39, 0.29) is 0 Å². The van der Waals surface area contributed by atoms with Crippen LogP contribution in [0, 0.1) is 11.8 Å². The molecule has 1 aromatic heterocycles. The summed E-state index contributed by atoms with van der Waals surface area (Å²) in [6.45, 7) is 6.91. The third-order valence-corrected chi connectivity index (χ3v) is 4.03. The number of fused-ring (bicyclic) bond motifs is 3. The molecule has 1 aromatic rings. The molecular weight excluding hydrogens is 198 g/mol. The Kier molecular flexibility index (Phi) is 2.18. The average molecular weight is 217 g/mol. The van der Waals surface area contributed by atoms with Crippen molar-refractivity contribution in [3.8, 4) is 0 Å². The molecule has 1 fully saturated rings. The molecule has 0 bridgehead atoms. The zero-order valence-corrected chi connectivity index (χ0v) is 10.1. The highest BCUT2D eigenvalue weighted by Crippen LogP contribution is 2.46. The molecule has 0 radical (unpaired) electrons. The van der Waals surface area contributed by atoms with E-state index in [1.165, 1.54) is 11.4 Å². The first kappa shape index (κ1) is 10.1. The quantitative estimate of drug-likeness (QED) is 0.757. The van der Waals surface area contributed by atoms with Crippen LogP contribution in [0.3, 0.4) is 0 Å². The molecule has 4 atom stereocenters. The van der Waals surface area contributed by atoms with Crippen molar-refractivity contribution in [2.45, 2.75) is 38.9 Å². The average Bonchev–Trinajstić information content (AvgIpc) is 2.71. The third kappa shape index (κ3) is 1.27. The van der Waals surface area contributed by atoms with Gasteiger partial charge in [-0.2, -0.15) is 0 Å². The molecule has 1 saturated heterocycles. The van der Waals surface area contributed by atoms with Gasteiger partial charge in [0.1, 0.15) is 0 Å². The van der Waals surface area contributed by atoms with Crippen LogP contribution in [0.2, 0.25) is 0 Å². The Morgan fingerprint density at radius 1 is 1.38 bits per heavy atom. The van der Waals surface area contributed by atoms with Crippen LogP contribution in [0.15, 0.2) is 18.3 Å². The Morgan fingerprint density at radius 3 is 2.94 bits per heavy atom. The van der Waals surface area contributed by atoms with E-state index in [1.54, 1.807) is 0 Å². The number of anilines is 1. The van der Waals surface area contributed by atoms with Crippen LogP contribution < -0.4 is 10.6 Å². The van der Waals surface area contributed by atoms with Gasteiger partial charge in [-0.1, -0.05) is 13.8 Å². The van der Waals surface area contributed by atoms with Gasteiger partial charge in [-0.05, 0) is 30.9 Å². The van der Waals surface area contributed by atoms with Crippen LogP contribution >= 0.6 is 0 Å². The lowest BCUT2D eigenvalue weighted by Crippen LogP contribution is -2.33. The largest absolute Gasteiger partial charge is 0.368 e. The predicted molar refractivity (Wildman–Crippen MR) is 65.3 cm³/mol. The first-order valence-electron chi connectivity index (χ1n) is 6.16. The summed E-state index contributed by atoms with van der Waals surface area (Å²) in [5, 5.41) is 7.18. The number of rotatable bonds is 1. The van der Waals surface area contributed by atoms with E-state index in [2.05, 4.69) is 42.5 Å². The van der Waals surface area contributed by atoms with Gasteiger partial charge in [0.05, 0.1) is 17.5 Å². The Morgan fingerprint density at radius 2 is 2.19 bits per heavy atom. The van der Waals surface area contributed by atoms with Crippen molar-refractivity contribution < 1.29 is 0 Å². The summed E-state index contributed by atoms with van der Waals surface area (Å²) in [7, 11) is 0. The van der Waals surface area contributed by atoms with Gasteiger partial charge in [0.25, 0.3) is 0 Å². The van der Waals surface area contributed by atoms with Crippen molar-refractivity contribution in [3.63, 3.8) is 0 Å².